The van der Waals surface area contributed by atoms with Gasteiger partial charge in [0.2, 0.25) is 0 Å². The molecule has 1 aromatic carbocycles. The summed E-state index contributed by atoms with van der Waals surface area (Å²) in [6.45, 7) is 1.67. The molecule has 0 aliphatic carbocycles. The third-order valence-corrected chi connectivity index (χ3v) is 2.44. The van der Waals surface area contributed by atoms with Gasteiger partial charge in [0.05, 0.1) is 5.71 Å². The first-order valence-corrected chi connectivity index (χ1v) is 5.19. The Hall–Kier alpha value is -1.95. The number of hydrogen-bond acceptors (Lipinski definition) is 5. The standard InChI is InChI=1S/C10H9ClN4O2/c1-5-9(10(17)15-12-5)14-13-7-4-6(11)2-3-8(7)16/h2-4,9,16H,1H3,(H,15,17). The number of phenols is 1. The van der Waals surface area contributed by atoms with Crippen LogP contribution >= 0.6 is 11.6 Å². The number of amides is 1. The number of nitrogens with one attached hydrogen (secondary N) is 1. The van der Waals surface area contributed by atoms with Gasteiger partial charge in [0, 0.05) is 5.02 Å². The molecule has 17 heavy (non-hydrogen) atoms. The van der Waals surface area contributed by atoms with E-state index in [-0.39, 0.29) is 17.3 Å². The molecule has 0 aromatic heterocycles. The average Bonchev–Trinajstić information content (AvgIpc) is 2.61. The number of hydrogen-bond donors (Lipinski definition) is 2. The van der Waals surface area contributed by atoms with Gasteiger partial charge in [-0.25, -0.2) is 5.43 Å². The van der Waals surface area contributed by atoms with Gasteiger partial charge in [-0.05, 0) is 25.1 Å². The first kappa shape index (κ1) is 11.5. The van der Waals surface area contributed by atoms with Crippen LogP contribution in [0.4, 0.5) is 5.69 Å². The Labute approximate surface area is 102 Å². The van der Waals surface area contributed by atoms with E-state index in [2.05, 4.69) is 20.8 Å². The predicted octanol–water partition coefficient (Wildman–Crippen LogP) is 2.00. The third-order valence-electron chi connectivity index (χ3n) is 2.20. The number of hydrazone groups is 1. The molecule has 7 heteroatoms. The van der Waals surface area contributed by atoms with Crippen molar-refractivity contribution in [3.8, 4) is 5.75 Å². The quantitative estimate of drug-likeness (QED) is 0.789. The molecule has 0 fully saturated rings. The van der Waals surface area contributed by atoms with Crippen LogP contribution in [0.3, 0.4) is 0 Å². The van der Waals surface area contributed by atoms with Crippen molar-refractivity contribution in [2.45, 2.75) is 13.0 Å². The maximum Gasteiger partial charge on any atom is 0.272 e. The van der Waals surface area contributed by atoms with Crippen molar-refractivity contribution < 1.29 is 9.90 Å². The normalized spacial score (nSPS) is 19.5. The van der Waals surface area contributed by atoms with Crippen molar-refractivity contribution in [1.82, 2.24) is 5.43 Å². The molecular weight excluding hydrogens is 244 g/mol. The van der Waals surface area contributed by atoms with Crippen LogP contribution in [0, 0.1) is 0 Å². The number of nitrogens with zero attached hydrogens (tertiary/aromatic N) is 3. The van der Waals surface area contributed by atoms with Crippen molar-refractivity contribution in [1.29, 1.82) is 0 Å². The molecule has 1 atom stereocenters. The zero-order chi connectivity index (χ0) is 12.4. The highest BCUT2D eigenvalue weighted by molar-refractivity contribution is 6.30. The molecule has 2 N–H and O–H groups in total. The minimum Gasteiger partial charge on any atom is -0.506 e. The fraction of sp³-hybridized carbons (Fsp3) is 0.200. The molecule has 1 aliphatic rings. The fourth-order valence-corrected chi connectivity index (χ4v) is 1.45. The average molecular weight is 253 g/mol. The molecule has 88 valence electrons. The van der Waals surface area contributed by atoms with E-state index in [9.17, 15) is 9.90 Å². The number of carbonyl (C=O) groups excluding carboxylic acids is 1. The van der Waals surface area contributed by atoms with Gasteiger partial charge in [0.25, 0.3) is 5.91 Å². The number of phenolic OH excluding ortho intramolecular Hbond substituents is 1. The monoisotopic (exact) mass is 252 g/mol. The van der Waals surface area contributed by atoms with Gasteiger partial charge in [-0.15, -0.1) is 0 Å². The number of azo groups is 1. The molecule has 6 nitrogen and oxygen atoms in total. The van der Waals surface area contributed by atoms with Gasteiger partial charge in [-0.3, -0.25) is 4.79 Å². The topological polar surface area (TPSA) is 86.4 Å². The molecule has 0 saturated carbocycles. The zero-order valence-electron chi connectivity index (χ0n) is 8.88. The highest BCUT2D eigenvalue weighted by atomic mass is 35.5. The minimum atomic E-state index is -0.742. The number of aromatic hydroxyl groups is 1. The van der Waals surface area contributed by atoms with Crippen LogP contribution < -0.4 is 5.43 Å². The third kappa shape index (κ3) is 2.42. The number of rotatable bonds is 2. The van der Waals surface area contributed by atoms with Crippen LogP contribution in [0.2, 0.25) is 5.02 Å². The summed E-state index contributed by atoms with van der Waals surface area (Å²) in [7, 11) is 0. The summed E-state index contributed by atoms with van der Waals surface area (Å²) in [5, 5.41) is 21.3. The lowest BCUT2D eigenvalue weighted by atomic mass is 10.2. The molecular formula is C10H9ClN4O2. The Kier molecular flexibility index (Phi) is 3.06. The highest BCUT2D eigenvalue weighted by Crippen LogP contribution is 2.29. The lowest BCUT2D eigenvalue weighted by Gasteiger charge is -2.01. The molecule has 1 amide bonds. The Morgan fingerprint density at radius 2 is 2.29 bits per heavy atom. The van der Waals surface area contributed by atoms with Gasteiger partial charge in [0.15, 0.2) is 6.04 Å². The smallest absolute Gasteiger partial charge is 0.272 e. The second kappa shape index (κ2) is 4.50. The van der Waals surface area contributed by atoms with Gasteiger partial charge in [0.1, 0.15) is 11.4 Å². The molecule has 1 aliphatic heterocycles. The summed E-state index contributed by atoms with van der Waals surface area (Å²) in [5.41, 5.74) is 3.03. The second-order valence-electron chi connectivity index (χ2n) is 3.48. The lowest BCUT2D eigenvalue weighted by molar-refractivity contribution is -0.120. The number of carbonyl (C=O) groups is 1. The van der Waals surface area contributed by atoms with E-state index in [0.717, 1.165) is 0 Å². The van der Waals surface area contributed by atoms with Crippen LogP contribution in [0.25, 0.3) is 0 Å². The van der Waals surface area contributed by atoms with E-state index in [1.54, 1.807) is 6.92 Å². The predicted molar refractivity (Wildman–Crippen MR) is 62.7 cm³/mol. The molecule has 1 unspecified atom stereocenters. The van der Waals surface area contributed by atoms with E-state index >= 15 is 0 Å². The van der Waals surface area contributed by atoms with E-state index in [1.807, 2.05) is 0 Å². The van der Waals surface area contributed by atoms with Gasteiger partial charge >= 0.3 is 0 Å². The molecule has 0 spiro atoms. The summed E-state index contributed by atoms with van der Waals surface area (Å²) in [4.78, 5) is 11.3. The first-order valence-electron chi connectivity index (χ1n) is 4.81. The van der Waals surface area contributed by atoms with E-state index in [1.165, 1.54) is 18.2 Å². The Bertz CT molecular complexity index is 527. The van der Waals surface area contributed by atoms with Crippen LogP contribution in [0.1, 0.15) is 6.92 Å². The zero-order valence-corrected chi connectivity index (χ0v) is 9.64. The largest absolute Gasteiger partial charge is 0.506 e. The van der Waals surface area contributed by atoms with Crippen molar-refractivity contribution >= 4 is 28.9 Å². The molecule has 0 saturated heterocycles. The molecule has 1 aromatic rings. The number of halogens is 1. The van der Waals surface area contributed by atoms with Crippen molar-refractivity contribution in [2.24, 2.45) is 15.3 Å². The van der Waals surface area contributed by atoms with Crippen LogP contribution in [-0.2, 0) is 4.79 Å². The van der Waals surface area contributed by atoms with Crippen LogP contribution in [-0.4, -0.2) is 22.8 Å². The summed E-state index contributed by atoms with van der Waals surface area (Å²) < 4.78 is 0. The van der Waals surface area contributed by atoms with Crippen LogP contribution in [0.15, 0.2) is 33.5 Å². The Balaban J connectivity index is 2.23. The fourth-order valence-electron chi connectivity index (χ4n) is 1.29. The van der Waals surface area contributed by atoms with Crippen molar-refractivity contribution in [3.05, 3.63) is 23.2 Å². The van der Waals surface area contributed by atoms with Crippen molar-refractivity contribution in [3.63, 3.8) is 0 Å². The first-order chi connectivity index (χ1) is 8.08. The molecule has 0 radical (unpaired) electrons. The number of benzene rings is 1. The summed E-state index contributed by atoms with van der Waals surface area (Å²) in [5.74, 6) is -0.390. The summed E-state index contributed by atoms with van der Waals surface area (Å²) >= 11 is 5.75. The highest BCUT2D eigenvalue weighted by Gasteiger charge is 2.26. The van der Waals surface area contributed by atoms with Gasteiger partial charge in [-0.1, -0.05) is 11.6 Å². The summed E-state index contributed by atoms with van der Waals surface area (Å²) in [6.07, 6.45) is 0. The van der Waals surface area contributed by atoms with Crippen molar-refractivity contribution in [2.75, 3.05) is 0 Å². The van der Waals surface area contributed by atoms with E-state index < -0.39 is 6.04 Å². The van der Waals surface area contributed by atoms with E-state index in [4.69, 9.17) is 11.6 Å². The lowest BCUT2D eigenvalue weighted by Crippen LogP contribution is -2.25. The SMILES string of the molecule is CC1=NNC(=O)C1N=Nc1cc(Cl)ccc1O. The summed E-state index contributed by atoms with van der Waals surface area (Å²) in [6, 6.07) is 3.66. The van der Waals surface area contributed by atoms with Gasteiger partial charge in [-0.2, -0.15) is 15.3 Å². The maximum atomic E-state index is 11.3. The molecule has 0 bridgehead atoms. The minimum absolute atomic E-state index is 0.0499. The molecule has 2 rings (SSSR count). The van der Waals surface area contributed by atoms with E-state index in [0.29, 0.717) is 10.7 Å². The second-order valence-corrected chi connectivity index (χ2v) is 3.92. The molecule has 1 heterocycles. The van der Waals surface area contributed by atoms with Gasteiger partial charge < -0.3 is 5.11 Å². The Morgan fingerprint density at radius 3 is 2.94 bits per heavy atom. The Morgan fingerprint density at radius 1 is 1.53 bits per heavy atom. The maximum absolute atomic E-state index is 11.3. The van der Waals surface area contributed by atoms with Crippen LogP contribution in [0.5, 0.6) is 5.75 Å².